The van der Waals surface area contributed by atoms with E-state index in [0.717, 1.165) is 26.1 Å². The molecule has 4 nitrogen and oxygen atoms in total. The lowest BCUT2D eigenvalue weighted by atomic mass is 10.1. The zero-order valence-electron chi connectivity index (χ0n) is 11.2. The van der Waals surface area contributed by atoms with Gasteiger partial charge in [0.25, 0.3) is 0 Å². The van der Waals surface area contributed by atoms with Gasteiger partial charge in [0, 0.05) is 36.7 Å². The van der Waals surface area contributed by atoms with Crippen LogP contribution in [-0.4, -0.2) is 42.0 Å². The van der Waals surface area contributed by atoms with Crippen molar-refractivity contribution in [1.82, 2.24) is 15.2 Å². The first-order valence-electron chi connectivity index (χ1n) is 6.79. The van der Waals surface area contributed by atoms with Crippen molar-refractivity contribution in [2.75, 3.05) is 26.2 Å². The van der Waals surface area contributed by atoms with Crippen LogP contribution in [0.15, 0.2) is 24.4 Å². The van der Waals surface area contributed by atoms with Crippen LogP contribution in [0.1, 0.15) is 11.1 Å². The zero-order chi connectivity index (χ0) is 13.2. The van der Waals surface area contributed by atoms with Gasteiger partial charge in [-0.15, -0.1) is 0 Å². The van der Waals surface area contributed by atoms with Crippen molar-refractivity contribution in [3.63, 3.8) is 0 Å². The van der Waals surface area contributed by atoms with Gasteiger partial charge in [0.05, 0.1) is 6.54 Å². The highest BCUT2D eigenvalue weighted by Crippen LogP contribution is 2.20. The number of carbonyl (C=O) groups excluding carboxylic acids is 1. The third-order valence-corrected chi connectivity index (χ3v) is 3.76. The molecule has 0 bridgehead atoms. The lowest BCUT2D eigenvalue weighted by molar-refractivity contribution is -0.131. The van der Waals surface area contributed by atoms with Crippen LogP contribution in [0.3, 0.4) is 0 Å². The van der Waals surface area contributed by atoms with Crippen LogP contribution < -0.4 is 5.32 Å². The van der Waals surface area contributed by atoms with Crippen LogP contribution in [0.2, 0.25) is 0 Å². The first-order chi connectivity index (χ1) is 9.24. The monoisotopic (exact) mass is 257 g/mol. The number of rotatable bonds is 3. The van der Waals surface area contributed by atoms with Gasteiger partial charge in [-0.2, -0.15) is 0 Å². The molecule has 100 valence electrons. The van der Waals surface area contributed by atoms with E-state index in [2.05, 4.69) is 41.6 Å². The molecule has 0 aliphatic carbocycles. The molecule has 1 aromatic heterocycles. The topological polar surface area (TPSA) is 48.1 Å². The molecule has 3 rings (SSSR count). The van der Waals surface area contributed by atoms with Crippen LogP contribution in [0.5, 0.6) is 0 Å². The van der Waals surface area contributed by atoms with Crippen molar-refractivity contribution < 1.29 is 4.79 Å². The predicted molar refractivity (Wildman–Crippen MR) is 76.2 cm³/mol. The molecule has 2 heterocycles. The Bertz CT molecular complexity index is 602. The third kappa shape index (κ3) is 2.49. The van der Waals surface area contributed by atoms with Crippen LogP contribution >= 0.6 is 0 Å². The van der Waals surface area contributed by atoms with Gasteiger partial charge in [0.2, 0.25) is 5.91 Å². The molecular weight excluding hydrogens is 238 g/mol. The summed E-state index contributed by atoms with van der Waals surface area (Å²) in [7, 11) is 0. The minimum atomic E-state index is 0.210. The summed E-state index contributed by atoms with van der Waals surface area (Å²) in [5.41, 5.74) is 3.74. The minimum Gasteiger partial charge on any atom is -0.361 e. The van der Waals surface area contributed by atoms with E-state index in [1.807, 2.05) is 4.90 Å². The quantitative estimate of drug-likeness (QED) is 0.874. The molecule has 1 aliphatic rings. The van der Waals surface area contributed by atoms with Crippen LogP contribution in [0, 0.1) is 6.92 Å². The smallest absolute Gasteiger partial charge is 0.236 e. The second-order valence-corrected chi connectivity index (χ2v) is 5.17. The maximum atomic E-state index is 11.7. The van der Waals surface area contributed by atoms with Gasteiger partial charge in [-0.25, -0.2) is 0 Å². The second-order valence-electron chi connectivity index (χ2n) is 5.17. The molecule has 1 saturated heterocycles. The highest BCUT2D eigenvalue weighted by atomic mass is 16.2. The summed E-state index contributed by atoms with van der Waals surface area (Å²) < 4.78 is 0. The normalized spacial score (nSPS) is 16.3. The van der Waals surface area contributed by atoms with Gasteiger partial charge in [0.1, 0.15) is 0 Å². The number of aryl methyl sites for hydroxylation is 1. The molecule has 0 unspecified atom stereocenters. The number of H-pyrrole nitrogens is 1. The summed E-state index contributed by atoms with van der Waals surface area (Å²) >= 11 is 0. The molecule has 1 aliphatic heterocycles. The highest BCUT2D eigenvalue weighted by Gasteiger charge is 2.17. The number of nitrogens with one attached hydrogen (secondary N) is 2. The molecule has 4 heteroatoms. The number of benzene rings is 1. The number of carbonyl (C=O) groups is 1. The maximum Gasteiger partial charge on any atom is 0.236 e. The Labute approximate surface area is 112 Å². The summed E-state index contributed by atoms with van der Waals surface area (Å²) in [6, 6.07) is 6.44. The molecule has 19 heavy (non-hydrogen) atoms. The Balaban J connectivity index is 1.74. The van der Waals surface area contributed by atoms with Crippen molar-refractivity contribution in [1.29, 1.82) is 0 Å². The average molecular weight is 257 g/mol. The largest absolute Gasteiger partial charge is 0.361 e. The van der Waals surface area contributed by atoms with Crippen molar-refractivity contribution in [3.05, 3.63) is 35.5 Å². The number of piperazine rings is 1. The summed E-state index contributed by atoms with van der Waals surface area (Å²) in [6.07, 6.45) is 2.98. The third-order valence-electron chi connectivity index (χ3n) is 3.76. The molecular formula is C15H19N3O. The van der Waals surface area contributed by atoms with E-state index in [1.54, 1.807) is 0 Å². The van der Waals surface area contributed by atoms with Crippen molar-refractivity contribution >= 4 is 16.8 Å². The summed E-state index contributed by atoms with van der Waals surface area (Å²) in [5, 5.41) is 4.38. The van der Waals surface area contributed by atoms with E-state index in [0.29, 0.717) is 6.54 Å². The molecule has 1 fully saturated rings. The van der Waals surface area contributed by atoms with Crippen LogP contribution in [0.4, 0.5) is 0 Å². The van der Waals surface area contributed by atoms with E-state index >= 15 is 0 Å². The standard InChI is InChI=1S/C15H19N3O/c1-11-2-3-14-13(8-11)12(9-17-14)4-6-18-7-5-16-10-15(18)19/h2-3,8-9,16-17H,4-7,10H2,1H3. The van der Waals surface area contributed by atoms with Gasteiger partial charge in [-0.1, -0.05) is 11.6 Å². The number of nitrogens with zero attached hydrogens (tertiary/aromatic N) is 1. The first kappa shape index (κ1) is 12.2. The van der Waals surface area contributed by atoms with Crippen LogP contribution in [-0.2, 0) is 11.2 Å². The SMILES string of the molecule is Cc1ccc2[nH]cc(CCN3CCNCC3=O)c2c1. The van der Waals surface area contributed by atoms with Gasteiger partial charge < -0.3 is 15.2 Å². The fraction of sp³-hybridized carbons (Fsp3) is 0.400. The molecule has 2 aromatic rings. The lowest BCUT2D eigenvalue weighted by Gasteiger charge is -2.27. The second kappa shape index (κ2) is 5.05. The van der Waals surface area contributed by atoms with Crippen molar-refractivity contribution in [3.8, 4) is 0 Å². The van der Waals surface area contributed by atoms with E-state index in [1.165, 1.54) is 22.0 Å². The molecule has 0 saturated carbocycles. The number of aromatic nitrogens is 1. The van der Waals surface area contributed by atoms with E-state index in [4.69, 9.17) is 0 Å². The van der Waals surface area contributed by atoms with E-state index < -0.39 is 0 Å². The Morgan fingerprint density at radius 3 is 3.11 bits per heavy atom. The number of fused-ring (bicyclic) bond motifs is 1. The van der Waals surface area contributed by atoms with Crippen molar-refractivity contribution in [2.24, 2.45) is 0 Å². The van der Waals surface area contributed by atoms with E-state index in [9.17, 15) is 4.79 Å². The molecule has 0 radical (unpaired) electrons. The number of hydrogen-bond donors (Lipinski definition) is 2. The molecule has 0 atom stereocenters. The fourth-order valence-corrected chi connectivity index (χ4v) is 2.64. The summed E-state index contributed by atoms with van der Waals surface area (Å²) in [5.74, 6) is 0.210. The number of hydrogen-bond acceptors (Lipinski definition) is 2. The summed E-state index contributed by atoms with van der Waals surface area (Å²) in [4.78, 5) is 17.0. The number of aromatic amines is 1. The zero-order valence-corrected chi connectivity index (χ0v) is 11.2. The molecule has 0 spiro atoms. The van der Waals surface area contributed by atoms with Crippen LogP contribution in [0.25, 0.3) is 10.9 Å². The van der Waals surface area contributed by atoms with Gasteiger partial charge >= 0.3 is 0 Å². The van der Waals surface area contributed by atoms with Gasteiger partial charge in [0.15, 0.2) is 0 Å². The Kier molecular flexibility index (Phi) is 3.25. The van der Waals surface area contributed by atoms with Gasteiger partial charge in [-0.3, -0.25) is 4.79 Å². The molecule has 1 aromatic carbocycles. The van der Waals surface area contributed by atoms with Gasteiger partial charge in [-0.05, 0) is 31.0 Å². The van der Waals surface area contributed by atoms with E-state index in [-0.39, 0.29) is 5.91 Å². The first-order valence-corrected chi connectivity index (χ1v) is 6.79. The fourth-order valence-electron chi connectivity index (χ4n) is 2.64. The Morgan fingerprint density at radius 2 is 2.26 bits per heavy atom. The number of amides is 1. The maximum absolute atomic E-state index is 11.7. The average Bonchev–Trinajstić information content (AvgIpc) is 2.80. The summed E-state index contributed by atoms with van der Waals surface area (Å²) in [6.45, 7) is 5.11. The highest BCUT2D eigenvalue weighted by molar-refractivity contribution is 5.84. The Morgan fingerprint density at radius 1 is 1.37 bits per heavy atom. The Hall–Kier alpha value is -1.81. The minimum absolute atomic E-state index is 0.210. The lowest BCUT2D eigenvalue weighted by Crippen LogP contribution is -2.48. The van der Waals surface area contributed by atoms with Crippen molar-refractivity contribution in [2.45, 2.75) is 13.3 Å². The molecule has 1 amide bonds. The molecule has 2 N–H and O–H groups in total. The predicted octanol–water partition coefficient (Wildman–Crippen LogP) is 1.45.